The summed E-state index contributed by atoms with van der Waals surface area (Å²) in [5, 5.41) is 3.39. The average Bonchev–Trinajstić information content (AvgIpc) is 1.88. The van der Waals surface area contributed by atoms with Crippen LogP contribution in [-0.4, -0.2) is 13.1 Å². The van der Waals surface area contributed by atoms with Gasteiger partial charge < -0.3 is 5.32 Å². The summed E-state index contributed by atoms with van der Waals surface area (Å²) in [5.41, 5.74) is 0. The second-order valence-corrected chi connectivity index (χ2v) is 3.82. The van der Waals surface area contributed by atoms with Gasteiger partial charge in [0.05, 0.1) is 0 Å². The second-order valence-electron chi connectivity index (χ2n) is 3.82. The predicted molar refractivity (Wildman–Crippen MR) is 45.0 cm³/mol. The quantitative estimate of drug-likeness (QED) is 0.620. The fourth-order valence-electron chi connectivity index (χ4n) is 1.78. The minimum Gasteiger partial charge on any atom is -0.317 e. The lowest BCUT2D eigenvalue weighted by molar-refractivity contribution is 0.318. The van der Waals surface area contributed by atoms with Crippen LogP contribution in [0.4, 0.5) is 0 Å². The number of piperidine rings is 1. The van der Waals surface area contributed by atoms with Gasteiger partial charge in [-0.3, -0.25) is 0 Å². The van der Waals surface area contributed by atoms with Gasteiger partial charge in [-0.05, 0) is 44.2 Å². The summed E-state index contributed by atoms with van der Waals surface area (Å²) in [6, 6.07) is 0. The van der Waals surface area contributed by atoms with Crippen LogP contribution in [0, 0.1) is 11.8 Å². The van der Waals surface area contributed by atoms with E-state index in [9.17, 15) is 0 Å². The summed E-state index contributed by atoms with van der Waals surface area (Å²) in [4.78, 5) is 0. The van der Waals surface area contributed by atoms with Crippen molar-refractivity contribution < 1.29 is 0 Å². The van der Waals surface area contributed by atoms with Crippen LogP contribution in [0.1, 0.15) is 33.1 Å². The molecule has 0 aliphatic carbocycles. The molecule has 0 saturated carbocycles. The summed E-state index contributed by atoms with van der Waals surface area (Å²) < 4.78 is 0. The molecule has 10 heavy (non-hydrogen) atoms. The topological polar surface area (TPSA) is 12.0 Å². The zero-order valence-corrected chi connectivity index (χ0v) is 7.19. The first-order valence-electron chi connectivity index (χ1n) is 4.49. The van der Waals surface area contributed by atoms with Crippen LogP contribution >= 0.6 is 0 Å². The highest BCUT2D eigenvalue weighted by atomic mass is 14.9. The molecule has 0 radical (unpaired) electrons. The van der Waals surface area contributed by atoms with Gasteiger partial charge in [-0.1, -0.05) is 13.8 Å². The summed E-state index contributed by atoms with van der Waals surface area (Å²) in [6.07, 6.45) is 4.23. The van der Waals surface area contributed by atoms with Crippen molar-refractivity contribution in [1.82, 2.24) is 5.32 Å². The van der Waals surface area contributed by atoms with Crippen LogP contribution in [0.25, 0.3) is 0 Å². The van der Waals surface area contributed by atoms with Gasteiger partial charge in [0.1, 0.15) is 0 Å². The summed E-state index contributed by atoms with van der Waals surface area (Å²) in [6.45, 7) is 7.14. The highest BCUT2D eigenvalue weighted by Crippen LogP contribution is 2.20. The Bertz CT molecular complexity index is 82.7. The fourth-order valence-corrected chi connectivity index (χ4v) is 1.78. The molecule has 0 spiro atoms. The summed E-state index contributed by atoms with van der Waals surface area (Å²) in [7, 11) is 0. The van der Waals surface area contributed by atoms with Crippen molar-refractivity contribution in [3.05, 3.63) is 0 Å². The number of nitrogens with one attached hydrogen (secondary N) is 1. The minimum absolute atomic E-state index is 0.892. The Labute approximate surface area is 64.2 Å². The van der Waals surface area contributed by atoms with Crippen molar-refractivity contribution in [3.63, 3.8) is 0 Å². The van der Waals surface area contributed by atoms with Crippen molar-refractivity contribution in [2.24, 2.45) is 11.8 Å². The SMILES string of the molecule is CC(C)CC1CCNCC1. The number of hydrogen-bond donors (Lipinski definition) is 1. The van der Waals surface area contributed by atoms with Gasteiger partial charge in [-0.15, -0.1) is 0 Å². The van der Waals surface area contributed by atoms with E-state index in [1.165, 1.54) is 32.4 Å². The highest BCUT2D eigenvalue weighted by Gasteiger charge is 2.13. The zero-order chi connectivity index (χ0) is 7.40. The molecular formula is C9H19N. The van der Waals surface area contributed by atoms with E-state index in [1.807, 2.05) is 0 Å². The molecule has 0 aromatic carbocycles. The van der Waals surface area contributed by atoms with Crippen LogP contribution in [0.3, 0.4) is 0 Å². The number of hydrogen-bond acceptors (Lipinski definition) is 1. The Hall–Kier alpha value is -0.0400. The Balaban J connectivity index is 2.13. The molecule has 1 rings (SSSR count). The molecule has 0 amide bonds. The lowest BCUT2D eigenvalue weighted by Gasteiger charge is -2.23. The van der Waals surface area contributed by atoms with Gasteiger partial charge in [0.25, 0.3) is 0 Å². The van der Waals surface area contributed by atoms with Gasteiger partial charge in [0.2, 0.25) is 0 Å². The highest BCUT2D eigenvalue weighted by molar-refractivity contribution is 4.69. The van der Waals surface area contributed by atoms with Crippen LogP contribution < -0.4 is 5.32 Å². The molecule has 0 aromatic rings. The van der Waals surface area contributed by atoms with Crippen molar-refractivity contribution >= 4 is 0 Å². The molecule has 0 aromatic heterocycles. The van der Waals surface area contributed by atoms with Gasteiger partial charge in [-0.2, -0.15) is 0 Å². The first-order chi connectivity index (χ1) is 4.79. The molecule has 1 aliphatic rings. The van der Waals surface area contributed by atoms with E-state index < -0.39 is 0 Å². The maximum Gasteiger partial charge on any atom is -0.00463 e. The van der Waals surface area contributed by atoms with Gasteiger partial charge >= 0.3 is 0 Å². The van der Waals surface area contributed by atoms with Crippen LogP contribution in [0.5, 0.6) is 0 Å². The van der Waals surface area contributed by atoms with Gasteiger partial charge in [0, 0.05) is 0 Å². The van der Waals surface area contributed by atoms with Crippen LogP contribution in [-0.2, 0) is 0 Å². The van der Waals surface area contributed by atoms with Crippen LogP contribution in [0.15, 0.2) is 0 Å². The van der Waals surface area contributed by atoms with E-state index in [4.69, 9.17) is 0 Å². The van der Waals surface area contributed by atoms with Crippen molar-refractivity contribution in [2.75, 3.05) is 13.1 Å². The largest absolute Gasteiger partial charge is 0.317 e. The molecule has 1 nitrogen and oxygen atoms in total. The molecular weight excluding hydrogens is 122 g/mol. The predicted octanol–water partition coefficient (Wildman–Crippen LogP) is 2.03. The Kier molecular flexibility index (Phi) is 3.20. The van der Waals surface area contributed by atoms with Crippen molar-refractivity contribution in [3.8, 4) is 0 Å². The minimum atomic E-state index is 0.892. The smallest absolute Gasteiger partial charge is 0.00463 e. The average molecular weight is 141 g/mol. The standard InChI is InChI=1S/C9H19N/c1-8(2)7-9-3-5-10-6-4-9/h8-10H,3-7H2,1-2H3. The van der Waals surface area contributed by atoms with Gasteiger partial charge in [0.15, 0.2) is 0 Å². The van der Waals surface area contributed by atoms with E-state index >= 15 is 0 Å². The maximum atomic E-state index is 3.39. The third-order valence-corrected chi connectivity index (χ3v) is 2.26. The molecule has 1 N–H and O–H groups in total. The summed E-state index contributed by atoms with van der Waals surface area (Å²) >= 11 is 0. The molecule has 1 heterocycles. The molecule has 1 aliphatic heterocycles. The molecule has 60 valence electrons. The molecule has 1 heteroatoms. The van der Waals surface area contributed by atoms with Crippen LogP contribution in [0.2, 0.25) is 0 Å². The van der Waals surface area contributed by atoms with E-state index in [-0.39, 0.29) is 0 Å². The third kappa shape index (κ3) is 2.70. The molecule has 0 bridgehead atoms. The maximum absolute atomic E-state index is 3.39. The lowest BCUT2D eigenvalue weighted by atomic mass is 9.89. The summed E-state index contributed by atoms with van der Waals surface area (Å²) in [5.74, 6) is 1.91. The third-order valence-electron chi connectivity index (χ3n) is 2.26. The second kappa shape index (κ2) is 3.97. The van der Waals surface area contributed by atoms with E-state index in [2.05, 4.69) is 19.2 Å². The molecule has 0 atom stereocenters. The first-order valence-corrected chi connectivity index (χ1v) is 4.49. The molecule has 1 fully saturated rings. The number of rotatable bonds is 2. The van der Waals surface area contributed by atoms with Crippen molar-refractivity contribution in [1.29, 1.82) is 0 Å². The van der Waals surface area contributed by atoms with Gasteiger partial charge in [-0.25, -0.2) is 0 Å². The fraction of sp³-hybridized carbons (Fsp3) is 1.00. The Morgan fingerprint density at radius 3 is 2.40 bits per heavy atom. The molecule has 1 saturated heterocycles. The lowest BCUT2D eigenvalue weighted by Crippen LogP contribution is -2.28. The Morgan fingerprint density at radius 1 is 1.30 bits per heavy atom. The zero-order valence-electron chi connectivity index (χ0n) is 7.19. The normalized spacial score (nSPS) is 21.9. The Morgan fingerprint density at radius 2 is 1.90 bits per heavy atom. The first kappa shape index (κ1) is 8.06. The van der Waals surface area contributed by atoms with Crippen molar-refractivity contribution in [2.45, 2.75) is 33.1 Å². The van der Waals surface area contributed by atoms with E-state index in [0.717, 1.165) is 11.8 Å². The monoisotopic (exact) mass is 141 g/mol. The van der Waals surface area contributed by atoms with E-state index in [0.29, 0.717) is 0 Å². The van der Waals surface area contributed by atoms with E-state index in [1.54, 1.807) is 0 Å². The molecule has 0 unspecified atom stereocenters.